The number of hydrogen-bond donors (Lipinski definition) is 6. The molecule has 0 spiro atoms. The number of aromatic nitrogens is 2. The number of nitrogens with zero attached hydrogens (tertiary/aromatic N) is 2. The molecule has 4 rings (SSSR count). The highest BCUT2D eigenvalue weighted by molar-refractivity contribution is 6.01. The number of hydrogen-bond acceptors (Lipinski definition) is 10. The summed E-state index contributed by atoms with van der Waals surface area (Å²) in [4.78, 5) is 21.4. The van der Waals surface area contributed by atoms with E-state index < -0.39 is 78.4 Å². The standard InChI is InChI=1S/C28H33F5N6O5.C2H6/c1-5-18(26(42)37-15(9-40)10-41)35-8-19-13(4)43-27-21-20(11(2)12(3)36-25(21)38-19)22(30)23(39-27)16-6-14(34)7-17(29)24(16)44-28(31,32)33;1-2/h6-7,13,15,18-19,35,40-41H,5,8-10,34H2,1-4H3,(H,36,38)(H,37,42);1-2H3. The summed E-state index contributed by atoms with van der Waals surface area (Å²) >= 11 is 0. The molecule has 16 heteroatoms. The van der Waals surface area contributed by atoms with Gasteiger partial charge in [-0.25, -0.2) is 18.7 Å². The van der Waals surface area contributed by atoms with Crippen LogP contribution in [0.25, 0.3) is 22.0 Å². The predicted octanol–water partition coefficient (Wildman–Crippen LogP) is 4.10. The minimum Gasteiger partial charge on any atom is -0.472 e. The van der Waals surface area contributed by atoms with E-state index in [4.69, 9.17) is 10.5 Å². The van der Waals surface area contributed by atoms with Gasteiger partial charge in [0, 0.05) is 29.4 Å². The summed E-state index contributed by atoms with van der Waals surface area (Å²) in [5.74, 6) is -4.28. The third kappa shape index (κ3) is 7.85. The molecule has 0 saturated carbocycles. The van der Waals surface area contributed by atoms with Crippen molar-refractivity contribution < 1.29 is 46.4 Å². The molecule has 1 amide bonds. The molecule has 1 aliphatic heterocycles. The van der Waals surface area contributed by atoms with Crippen LogP contribution in [-0.4, -0.2) is 76.4 Å². The number of nitrogens with two attached hydrogens (primary N) is 1. The molecule has 0 radical (unpaired) electrons. The van der Waals surface area contributed by atoms with Crippen molar-refractivity contribution in [2.45, 2.75) is 78.6 Å². The van der Waals surface area contributed by atoms with Crippen molar-refractivity contribution in [1.82, 2.24) is 20.6 Å². The Kier molecular flexibility index (Phi) is 11.9. The van der Waals surface area contributed by atoms with Crippen LogP contribution in [0.1, 0.15) is 45.4 Å². The number of halogens is 5. The van der Waals surface area contributed by atoms with Crippen molar-refractivity contribution >= 4 is 28.2 Å². The van der Waals surface area contributed by atoms with Crippen molar-refractivity contribution in [3.05, 3.63) is 35.0 Å². The van der Waals surface area contributed by atoms with Gasteiger partial charge in [0.2, 0.25) is 11.8 Å². The van der Waals surface area contributed by atoms with E-state index in [1.807, 2.05) is 13.8 Å². The molecule has 0 bridgehead atoms. The number of alkyl halides is 3. The number of aryl methyl sites for hydroxylation is 2. The molecule has 0 saturated heterocycles. The zero-order valence-electron chi connectivity index (χ0n) is 26.3. The van der Waals surface area contributed by atoms with Gasteiger partial charge in [0.1, 0.15) is 17.6 Å². The second-order valence-corrected chi connectivity index (χ2v) is 10.4. The van der Waals surface area contributed by atoms with Crippen molar-refractivity contribution in [1.29, 1.82) is 0 Å². The van der Waals surface area contributed by atoms with E-state index in [-0.39, 0.29) is 34.7 Å². The normalized spacial score (nSPS) is 16.6. The van der Waals surface area contributed by atoms with E-state index in [2.05, 4.69) is 30.7 Å². The Hall–Kier alpha value is -4.02. The first-order chi connectivity index (χ1) is 21.7. The zero-order chi connectivity index (χ0) is 34.5. The third-order valence-corrected chi connectivity index (χ3v) is 7.36. The van der Waals surface area contributed by atoms with Crippen LogP contribution in [0.15, 0.2) is 12.1 Å². The molecule has 254 valence electrons. The van der Waals surface area contributed by atoms with Crippen molar-refractivity contribution in [3.8, 4) is 22.9 Å². The molecule has 3 unspecified atom stereocenters. The van der Waals surface area contributed by atoms with Crippen LogP contribution in [-0.2, 0) is 4.79 Å². The fourth-order valence-electron chi connectivity index (χ4n) is 4.89. The number of aliphatic hydroxyl groups excluding tert-OH is 2. The van der Waals surface area contributed by atoms with E-state index in [0.29, 0.717) is 23.7 Å². The van der Waals surface area contributed by atoms with Crippen LogP contribution < -0.4 is 31.2 Å². The molecule has 3 heterocycles. The van der Waals surface area contributed by atoms with Gasteiger partial charge in [-0.1, -0.05) is 20.8 Å². The van der Waals surface area contributed by atoms with Gasteiger partial charge < -0.3 is 41.4 Å². The molecule has 3 aromatic rings. The summed E-state index contributed by atoms with van der Waals surface area (Å²) < 4.78 is 80.7. The summed E-state index contributed by atoms with van der Waals surface area (Å²) in [5.41, 5.74) is 4.81. The Labute approximate surface area is 262 Å². The van der Waals surface area contributed by atoms with E-state index in [9.17, 15) is 32.6 Å². The van der Waals surface area contributed by atoms with Gasteiger partial charge in [0.15, 0.2) is 17.4 Å². The van der Waals surface area contributed by atoms with Crippen LogP contribution in [0.2, 0.25) is 0 Å². The number of amides is 1. The number of rotatable bonds is 10. The van der Waals surface area contributed by atoms with Crippen molar-refractivity contribution in [2.75, 3.05) is 30.8 Å². The van der Waals surface area contributed by atoms with Gasteiger partial charge in [-0.05, 0) is 38.8 Å². The zero-order valence-corrected chi connectivity index (χ0v) is 26.3. The average molecular weight is 659 g/mol. The SMILES string of the molecule is CC.CCC(NCC1Nc2nc(C)c(C)c3c(F)c(-c4cc(N)cc(F)c4OC(F)(F)F)nc(c23)OC1C)C(=O)NC(CO)CO. The first-order valence-corrected chi connectivity index (χ1v) is 14.7. The molecule has 3 atom stereocenters. The second kappa shape index (κ2) is 15.0. The van der Waals surface area contributed by atoms with Crippen LogP contribution in [0.3, 0.4) is 0 Å². The number of ether oxygens (including phenoxy) is 2. The van der Waals surface area contributed by atoms with Crippen LogP contribution in [0.4, 0.5) is 33.5 Å². The molecule has 0 fully saturated rings. The summed E-state index contributed by atoms with van der Waals surface area (Å²) in [5, 5.41) is 27.5. The Balaban J connectivity index is 0.00000282. The number of pyridine rings is 2. The molecular weight excluding hydrogens is 619 g/mol. The van der Waals surface area contributed by atoms with Gasteiger partial charge in [-0.2, -0.15) is 0 Å². The number of carbonyl (C=O) groups excluding carboxylic acids is 1. The molecule has 7 N–H and O–H groups in total. The summed E-state index contributed by atoms with van der Waals surface area (Å²) in [6.07, 6.45) is -5.66. The molecule has 1 aromatic carbocycles. The summed E-state index contributed by atoms with van der Waals surface area (Å²) in [6.45, 7) is 9.83. The van der Waals surface area contributed by atoms with Crippen LogP contribution >= 0.6 is 0 Å². The molecule has 2 aromatic heterocycles. The minimum absolute atomic E-state index is 0.0635. The summed E-state index contributed by atoms with van der Waals surface area (Å²) in [7, 11) is 0. The maximum absolute atomic E-state index is 16.3. The molecule has 0 aliphatic carbocycles. The van der Waals surface area contributed by atoms with Crippen LogP contribution in [0.5, 0.6) is 11.6 Å². The lowest BCUT2D eigenvalue weighted by Gasteiger charge is -2.26. The lowest BCUT2D eigenvalue weighted by atomic mass is 10.0. The smallest absolute Gasteiger partial charge is 0.472 e. The highest BCUT2D eigenvalue weighted by Gasteiger charge is 2.36. The monoisotopic (exact) mass is 658 g/mol. The molecule has 11 nitrogen and oxygen atoms in total. The number of nitrogens with one attached hydrogen (secondary N) is 3. The second-order valence-electron chi connectivity index (χ2n) is 10.4. The van der Waals surface area contributed by atoms with Gasteiger partial charge in [-0.15, -0.1) is 13.2 Å². The number of nitrogen functional groups attached to an aromatic ring is 1. The number of anilines is 2. The summed E-state index contributed by atoms with van der Waals surface area (Å²) in [6, 6.07) is -0.582. The molecular formula is C30H39F5N6O5. The fraction of sp³-hybridized carbons (Fsp3) is 0.500. The number of carbonyl (C=O) groups is 1. The first kappa shape index (κ1) is 36.4. The van der Waals surface area contributed by atoms with Gasteiger partial charge in [-0.3, -0.25) is 4.79 Å². The van der Waals surface area contributed by atoms with Crippen molar-refractivity contribution in [3.63, 3.8) is 0 Å². The Bertz CT molecular complexity index is 1550. The van der Waals surface area contributed by atoms with E-state index in [1.165, 1.54) is 0 Å². The lowest BCUT2D eigenvalue weighted by molar-refractivity contribution is -0.275. The average Bonchev–Trinajstić information content (AvgIpc) is 3.12. The quantitative estimate of drug-likeness (QED) is 0.138. The van der Waals surface area contributed by atoms with E-state index >= 15 is 4.39 Å². The largest absolute Gasteiger partial charge is 0.573 e. The Morgan fingerprint density at radius 2 is 1.80 bits per heavy atom. The minimum atomic E-state index is -5.30. The molecule has 1 aliphatic rings. The fourth-order valence-corrected chi connectivity index (χ4v) is 4.89. The maximum atomic E-state index is 16.3. The van der Waals surface area contributed by atoms with Crippen molar-refractivity contribution in [2.24, 2.45) is 0 Å². The highest BCUT2D eigenvalue weighted by atomic mass is 19.4. The van der Waals surface area contributed by atoms with Gasteiger partial charge in [0.05, 0.1) is 42.3 Å². The van der Waals surface area contributed by atoms with E-state index in [1.54, 1.807) is 27.7 Å². The first-order valence-electron chi connectivity index (χ1n) is 14.7. The van der Waals surface area contributed by atoms with E-state index in [0.717, 1.165) is 6.07 Å². The van der Waals surface area contributed by atoms with Gasteiger partial charge >= 0.3 is 6.36 Å². The van der Waals surface area contributed by atoms with Crippen LogP contribution in [0, 0.1) is 25.5 Å². The van der Waals surface area contributed by atoms with Gasteiger partial charge in [0.25, 0.3) is 0 Å². The molecule has 46 heavy (non-hydrogen) atoms. The third-order valence-electron chi connectivity index (χ3n) is 7.36. The lowest BCUT2D eigenvalue weighted by Crippen LogP contribution is -2.53. The highest BCUT2D eigenvalue weighted by Crippen LogP contribution is 2.44. The number of benzene rings is 1. The topological polar surface area (TPSA) is 164 Å². The Morgan fingerprint density at radius 3 is 2.39 bits per heavy atom. The maximum Gasteiger partial charge on any atom is 0.573 e. The predicted molar refractivity (Wildman–Crippen MR) is 162 cm³/mol. The number of aliphatic hydroxyl groups is 2. The Morgan fingerprint density at radius 1 is 1.15 bits per heavy atom.